The number of terminal acetylenes is 1. The van der Waals surface area contributed by atoms with Gasteiger partial charge < -0.3 is 110 Å². The van der Waals surface area contributed by atoms with Crippen LogP contribution >= 0.6 is 35.3 Å². The number of hydrogen-bond acceptors (Lipinski definition) is 23. The lowest BCUT2D eigenvalue weighted by Crippen LogP contribution is -2.66. The van der Waals surface area contributed by atoms with Gasteiger partial charge in [0.1, 0.15) is 78.1 Å². The van der Waals surface area contributed by atoms with Gasteiger partial charge in [-0.25, -0.2) is 4.98 Å². The number of aromatic nitrogens is 2. The van der Waals surface area contributed by atoms with E-state index >= 15 is 28.8 Å². The second-order valence-electron chi connectivity index (χ2n) is 29.6. The number of aromatic amines is 1. The molecular weight excluding hydrogens is 1660 g/mol. The third kappa shape index (κ3) is 30.7. The Morgan fingerprint density at radius 1 is 0.715 bits per heavy atom. The Hall–Kier alpha value is -12.3. The summed E-state index contributed by atoms with van der Waals surface area (Å²) in [6, 6.07) is 3.24. The fraction of sp³-hybridized carbons (Fsp3) is 0.487. The lowest BCUT2D eigenvalue weighted by molar-refractivity contribution is -0.147. The van der Waals surface area contributed by atoms with Gasteiger partial charge in [-0.1, -0.05) is 91.7 Å². The Morgan fingerprint density at radius 3 is 1.95 bits per heavy atom. The van der Waals surface area contributed by atoms with Gasteiger partial charge in [0.15, 0.2) is 5.96 Å². The van der Waals surface area contributed by atoms with E-state index in [0.29, 0.717) is 40.0 Å². The number of imidazole rings is 1. The van der Waals surface area contributed by atoms with Crippen molar-refractivity contribution in [2.24, 2.45) is 11.5 Å². The number of primary amides is 1. The van der Waals surface area contributed by atoms with Crippen molar-refractivity contribution >= 4 is 142 Å². The summed E-state index contributed by atoms with van der Waals surface area (Å²) in [5, 5.41) is 79.2. The van der Waals surface area contributed by atoms with E-state index in [1.807, 2.05) is 12.2 Å². The van der Waals surface area contributed by atoms with Crippen LogP contribution in [-0.2, 0) is 119 Å². The number of aliphatic hydroxyl groups is 1. The number of carboxylic acids is 3. The number of nitrogens with two attached hydrogens (primary N) is 2. The minimum atomic E-state index is -2.16. The maximum Gasteiger partial charge on any atom is 0.305 e. The molecule has 1 fully saturated rings. The van der Waals surface area contributed by atoms with Crippen molar-refractivity contribution in [3.63, 3.8) is 0 Å². The number of carbonyl (C=O) groups is 17. The average molecular weight is 1770 g/mol. The molecule has 3 heterocycles. The lowest BCUT2D eigenvalue weighted by Gasteiger charge is -2.33. The minimum absolute atomic E-state index is 0.0134. The number of aliphatic carboxylic acids is 3. The molecule has 43 heteroatoms. The molecule has 22 N–H and O–H groups in total. The van der Waals surface area contributed by atoms with E-state index in [1.165, 1.54) is 47.9 Å². The molecule has 3 aromatic carbocycles. The highest BCUT2D eigenvalue weighted by molar-refractivity contribution is 7.99. The van der Waals surface area contributed by atoms with Gasteiger partial charge in [-0.2, -0.15) is 35.3 Å². The van der Waals surface area contributed by atoms with Crippen molar-refractivity contribution in [2.75, 3.05) is 49.7 Å². The second-order valence-corrected chi connectivity index (χ2v) is 32.7. The van der Waals surface area contributed by atoms with Crippen LogP contribution in [0.4, 0.5) is 0 Å². The van der Waals surface area contributed by atoms with Gasteiger partial charge in [0.2, 0.25) is 82.7 Å². The summed E-state index contributed by atoms with van der Waals surface area (Å²) in [7, 11) is 0. The highest BCUT2D eigenvalue weighted by Gasteiger charge is 2.49. The largest absolute Gasteiger partial charge is 0.481 e. The molecule has 4 aromatic rings. The van der Waals surface area contributed by atoms with E-state index in [9.17, 15) is 73.2 Å². The van der Waals surface area contributed by atoms with Crippen LogP contribution in [0.1, 0.15) is 112 Å². The zero-order chi connectivity index (χ0) is 90.0. The number of fused-ring (bicyclic) bond motifs is 4. The molecule has 2 bridgehead atoms. The Labute approximate surface area is 720 Å². The van der Waals surface area contributed by atoms with E-state index < -0.39 is 229 Å². The summed E-state index contributed by atoms with van der Waals surface area (Å²) in [4.78, 5) is 249. The molecular formula is C80H105N19O21S3. The fourth-order valence-electron chi connectivity index (χ4n) is 13.9. The summed E-state index contributed by atoms with van der Waals surface area (Å²) in [6.07, 6.45) is 3.53. The first-order valence-corrected chi connectivity index (χ1v) is 43.2. The molecule has 0 radical (unpaired) electrons. The normalized spacial score (nSPS) is 20.0. The van der Waals surface area contributed by atoms with Gasteiger partial charge in [0.05, 0.1) is 31.4 Å². The number of thioether (sulfide) groups is 3. The van der Waals surface area contributed by atoms with Crippen molar-refractivity contribution in [1.29, 1.82) is 5.41 Å². The highest BCUT2D eigenvalue weighted by atomic mass is 32.2. The molecule has 1 aliphatic carbocycles. The molecule has 14 amide bonds. The zero-order valence-corrected chi connectivity index (χ0v) is 70.3. The van der Waals surface area contributed by atoms with Gasteiger partial charge in [-0.3, -0.25) is 86.9 Å². The quantitative estimate of drug-likeness (QED) is 0.00917. The average Bonchev–Trinajstić information content (AvgIpc) is 1.62. The summed E-state index contributed by atoms with van der Waals surface area (Å²) < 4.78 is 0. The van der Waals surface area contributed by atoms with Gasteiger partial charge in [0.25, 0.3) is 0 Å². The van der Waals surface area contributed by atoms with E-state index in [4.69, 9.17) is 23.3 Å². The zero-order valence-electron chi connectivity index (χ0n) is 67.9. The standard InChI is InChI=1S/C80H105N19O21S3/c1-5-27-98-38-62(102)96-66(61(101)6-2)75(117)88-52(23-24-63(103)104)69(111)90-55(31-45-15-8-7-9-16-45)71(113)93-58(41-122-39-46-17-12-18-47(30-46)40-123-42-59(76(118)99-28-14-22-60(99)77(98)119)94-70(112)53(25-29-121-4)87-44(3)100)73(115)92-57(34-65(107)108)72(114)91-56(32-50-37-84-43-86-50)74(116)97-80(35-48-19-10-11-20-49(48)36-80)78(120)95-51(21-13-26-85-79(82)83)68(110)89-54(67(81)109)33-64(105)106/h2,7-12,15-20,30,37,43,51-61,66,101H,5,13-14,21-29,31-36,38-42H2,1,3-4H3,(H2,81,109)(H,84,86)(H,87,100)(H,88,117)(H,89,110)(H,90,111)(H,91,114)(H,92,115)(H,93,113)(H,94,112)(H,95,120)(H,96,102)(H,97,116)(H,103,104)(H,105,106)(H,107,108)(H4,82,83,85)/t51-,52-,53-,54-,55-,56-,57-,58-,59-,60-,61+,66-/m0/s1. The maximum atomic E-state index is 15.3. The number of nitrogens with zero attached hydrogens (tertiary/aromatic N) is 3. The minimum Gasteiger partial charge on any atom is -0.481 e. The predicted octanol–water partition coefficient (Wildman–Crippen LogP) is -3.56. The predicted molar refractivity (Wildman–Crippen MR) is 450 cm³/mol. The molecule has 0 unspecified atom stereocenters. The van der Waals surface area contributed by atoms with Gasteiger partial charge in [-0.05, 0) is 84.8 Å². The van der Waals surface area contributed by atoms with Gasteiger partial charge in [0, 0.05) is 87.9 Å². The lowest BCUT2D eigenvalue weighted by atomic mass is 9.92. The first-order valence-electron chi connectivity index (χ1n) is 39.5. The van der Waals surface area contributed by atoms with Gasteiger partial charge >= 0.3 is 17.9 Å². The number of carbonyl (C=O) groups excluding carboxylic acids is 14. The molecule has 664 valence electrons. The summed E-state index contributed by atoms with van der Waals surface area (Å²) >= 11 is 3.69. The third-order valence-electron chi connectivity index (χ3n) is 20.0. The number of carboxylic acid groups (broad SMARTS) is 3. The smallest absolute Gasteiger partial charge is 0.305 e. The number of guanidine groups is 1. The first kappa shape index (κ1) is 97.8. The number of rotatable bonds is 35. The molecule has 3 aliphatic rings. The van der Waals surface area contributed by atoms with Crippen molar-refractivity contribution in [3.8, 4) is 12.3 Å². The molecule has 2 aliphatic heterocycles. The Kier molecular flexibility index (Phi) is 38.5. The van der Waals surface area contributed by atoms with Crippen LogP contribution in [0.15, 0.2) is 91.4 Å². The van der Waals surface area contributed by atoms with Crippen LogP contribution in [0.2, 0.25) is 0 Å². The SMILES string of the molecule is C#C[C@@H](O)[C@@H]1NC(=O)CN(CCC)C(=O)[C@@H]2CCCN2C(=O)[C@@H](NC(=O)[C@H](CCSC)NC(C)=O)CSCc2cccc(c2)CSC[C@@H](C(=O)N[C@@H](CC(=O)O)C(=O)N[C@@H](Cc2c[nH]cn2)C(=O)NC2(C(=O)N[C@@H](CCCNC(=N)N)C(=O)N[C@@H](CC(=O)O)C(N)=O)Cc3ccccc3C2)NC(=O)[C@H](Cc2ccccc2)NC(=O)[C@H](CCC(=O)O)NC1=O. The Bertz CT molecular complexity index is 4500. The van der Waals surface area contributed by atoms with E-state index in [2.05, 4.69) is 73.8 Å². The van der Waals surface area contributed by atoms with Crippen LogP contribution in [-0.4, -0.2) is 275 Å². The van der Waals surface area contributed by atoms with Crippen molar-refractivity contribution in [1.82, 2.24) is 83.6 Å². The number of amides is 14. The van der Waals surface area contributed by atoms with E-state index in [0.717, 1.165) is 16.7 Å². The molecule has 12 atom stereocenters. The number of aliphatic hydroxyl groups excluding tert-OH is 1. The van der Waals surface area contributed by atoms with Crippen LogP contribution in [0, 0.1) is 17.8 Å². The maximum absolute atomic E-state index is 15.3. The van der Waals surface area contributed by atoms with Crippen molar-refractivity contribution in [2.45, 2.75) is 193 Å². The van der Waals surface area contributed by atoms with Crippen molar-refractivity contribution < 1.29 is 102 Å². The van der Waals surface area contributed by atoms with Crippen LogP contribution in [0.25, 0.3) is 0 Å². The van der Waals surface area contributed by atoms with Crippen LogP contribution in [0.3, 0.4) is 0 Å². The summed E-state index contributed by atoms with van der Waals surface area (Å²) in [5.41, 5.74) is 11.8. The second kappa shape index (κ2) is 48.4. The summed E-state index contributed by atoms with van der Waals surface area (Å²) in [5.74, 6) is -17.2. The van der Waals surface area contributed by atoms with Crippen LogP contribution in [0.5, 0.6) is 0 Å². The molecule has 0 spiro atoms. The number of nitrogens with one attached hydrogen (secondary N) is 14. The first-order chi connectivity index (χ1) is 58.6. The highest BCUT2D eigenvalue weighted by Crippen LogP contribution is 2.32. The van der Waals surface area contributed by atoms with E-state index in [-0.39, 0.29) is 94.0 Å². The van der Waals surface area contributed by atoms with Crippen LogP contribution < -0.4 is 75.3 Å². The topological polar surface area (TPSA) is 627 Å². The number of H-pyrrole nitrogens is 1. The number of hydrogen-bond donors (Lipinski definition) is 20. The summed E-state index contributed by atoms with van der Waals surface area (Å²) in [6.45, 7) is 2.12. The monoisotopic (exact) mass is 1760 g/mol. The van der Waals surface area contributed by atoms with E-state index in [1.54, 1.807) is 85.8 Å². The third-order valence-corrected chi connectivity index (χ3v) is 22.9. The molecule has 1 aromatic heterocycles. The molecule has 7 rings (SSSR count). The molecule has 40 nitrogen and oxygen atoms in total. The Morgan fingerprint density at radius 2 is 1.34 bits per heavy atom. The molecule has 1 saturated heterocycles. The van der Waals surface area contributed by atoms with Gasteiger partial charge in [-0.15, -0.1) is 6.42 Å². The molecule has 123 heavy (non-hydrogen) atoms. The fourth-order valence-corrected chi connectivity index (χ4v) is 16.4. The number of benzene rings is 3. The van der Waals surface area contributed by atoms with Crippen molar-refractivity contribution in [3.05, 3.63) is 125 Å². The molecule has 0 saturated carbocycles. The Balaban J connectivity index is 1.27.